The number of carboxylic acid groups (broad SMARTS) is 1. The van der Waals surface area contributed by atoms with Gasteiger partial charge in [-0.15, -0.1) is 0 Å². The number of aliphatic hydroxyl groups excluding tert-OH is 1. The number of aliphatic carboxylic acids is 1. The molecular weight excluding hydrogens is 456 g/mol. The number of amides is 3. The maximum atomic E-state index is 13.0. The lowest BCUT2D eigenvalue weighted by atomic mass is 10.0. The second-order valence-electron chi connectivity index (χ2n) is 8.04. The Kier molecular flexibility index (Phi) is 10.2. The number of aliphatic hydroxyl groups is 1. The van der Waals surface area contributed by atoms with E-state index in [0.717, 1.165) is 5.56 Å². The van der Waals surface area contributed by atoms with Crippen LogP contribution in [0.2, 0.25) is 0 Å². The molecule has 0 saturated carbocycles. The fourth-order valence-electron chi connectivity index (χ4n) is 3.16. The van der Waals surface area contributed by atoms with Gasteiger partial charge in [0.2, 0.25) is 17.7 Å². The summed E-state index contributed by atoms with van der Waals surface area (Å²) in [5.41, 5.74) is 7.46. The first-order valence-electron chi connectivity index (χ1n) is 10.9. The van der Waals surface area contributed by atoms with Crippen LogP contribution in [0.15, 0.2) is 54.6 Å². The molecule has 4 atom stereocenters. The molecule has 0 aliphatic heterocycles. The lowest BCUT2D eigenvalue weighted by Gasteiger charge is -2.24. The van der Waals surface area contributed by atoms with Crippen molar-refractivity contribution in [2.45, 2.75) is 43.9 Å². The van der Waals surface area contributed by atoms with Gasteiger partial charge in [-0.1, -0.05) is 42.5 Å². The summed E-state index contributed by atoms with van der Waals surface area (Å²) >= 11 is 0. The van der Waals surface area contributed by atoms with Gasteiger partial charge in [-0.2, -0.15) is 0 Å². The number of phenolic OH excluding ortho intramolecular Hbond substituents is 1. The normalized spacial score (nSPS) is 14.1. The molecule has 2 aromatic rings. The van der Waals surface area contributed by atoms with Gasteiger partial charge in [-0.3, -0.25) is 19.2 Å². The Morgan fingerprint density at radius 1 is 0.800 bits per heavy atom. The van der Waals surface area contributed by atoms with E-state index < -0.39 is 54.5 Å². The molecule has 11 heteroatoms. The van der Waals surface area contributed by atoms with Crippen LogP contribution in [-0.2, 0) is 32.0 Å². The van der Waals surface area contributed by atoms with Gasteiger partial charge < -0.3 is 37.0 Å². The van der Waals surface area contributed by atoms with Crippen molar-refractivity contribution in [2.75, 3.05) is 6.61 Å². The van der Waals surface area contributed by atoms with E-state index in [9.17, 15) is 29.4 Å². The molecule has 0 saturated heterocycles. The summed E-state index contributed by atoms with van der Waals surface area (Å²) in [6.07, 6.45) is 0.232. The first-order chi connectivity index (χ1) is 16.6. The van der Waals surface area contributed by atoms with Crippen LogP contribution in [0, 0.1) is 0 Å². The number of carbonyl (C=O) groups excluding carboxylic acids is 3. The quantitative estimate of drug-likeness (QED) is 0.200. The number of phenols is 1. The Morgan fingerprint density at radius 3 is 1.91 bits per heavy atom. The first kappa shape index (κ1) is 27.3. The third-order valence-corrected chi connectivity index (χ3v) is 5.19. The highest BCUT2D eigenvalue weighted by atomic mass is 16.4. The zero-order valence-electron chi connectivity index (χ0n) is 19.2. The highest BCUT2D eigenvalue weighted by Crippen LogP contribution is 2.11. The van der Waals surface area contributed by atoms with Gasteiger partial charge in [0.25, 0.3) is 0 Å². The number of nitrogens with two attached hydrogens (primary N) is 1. The monoisotopic (exact) mass is 486 g/mol. The number of carboxylic acids is 1. The van der Waals surface area contributed by atoms with Crippen LogP contribution < -0.4 is 21.7 Å². The number of nitrogens with one attached hydrogen (secondary N) is 3. The van der Waals surface area contributed by atoms with Gasteiger partial charge in [-0.25, -0.2) is 0 Å². The molecule has 0 radical (unpaired) electrons. The molecule has 2 rings (SSSR count). The van der Waals surface area contributed by atoms with Crippen LogP contribution in [0.1, 0.15) is 18.1 Å². The van der Waals surface area contributed by atoms with E-state index in [1.165, 1.54) is 19.1 Å². The Labute approximate surface area is 202 Å². The summed E-state index contributed by atoms with van der Waals surface area (Å²) < 4.78 is 0. The smallest absolute Gasteiger partial charge is 0.325 e. The van der Waals surface area contributed by atoms with Crippen LogP contribution in [-0.4, -0.2) is 69.8 Å². The van der Waals surface area contributed by atoms with Gasteiger partial charge in [0.1, 0.15) is 23.9 Å². The predicted molar refractivity (Wildman–Crippen MR) is 126 cm³/mol. The first-order valence-corrected chi connectivity index (χ1v) is 10.9. The fraction of sp³-hybridized carbons (Fsp3) is 0.333. The second-order valence-corrected chi connectivity index (χ2v) is 8.04. The van der Waals surface area contributed by atoms with Gasteiger partial charge in [0.15, 0.2) is 0 Å². The lowest BCUT2D eigenvalue weighted by molar-refractivity contribution is -0.142. The van der Waals surface area contributed by atoms with Crippen LogP contribution in [0.4, 0.5) is 0 Å². The molecule has 4 unspecified atom stereocenters. The van der Waals surface area contributed by atoms with E-state index in [1.807, 2.05) is 0 Å². The summed E-state index contributed by atoms with van der Waals surface area (Å²) in [6, 6.07) is 10.2. The molecule has 0 spiro atoms. The molecule has 0 aromatic heterocycles. The Balaban J connectivity index is 2.12. The molecule has 0 bridgehead atoms. The van der Waals surface area contributed by atoms with Gasteiger partial charge in [-0.05, 0) is 36.6 Å². The summed E-state index contributed by atoms with van der Waals surface area (Å²) in [6.45, 7) is 0.459. The maximum absolute atomic E-state index is 13.0. The van der Waals surface area contributed by atoms with Crippen LogP contribution in [0.3, 0.4) is 0 Å². The standard InChI is InChI=1S/C24H30N4O7/c1-14(24(34)35)26-23(33)20(13-29)28-22(32)19(12-15-5-3-2-4-6-15)27-21(31)18(25)11-16-7-9-17(30)10-8-16/h2-10,14,18-20,29-30H,11-13,25H2,1H3,(H,26,33)(H,27,31)(H,28,32)(H,34,35). The minimum Gasteiger partial charge on any atom is -0.508 e. The Morgan fingerprint density at radius 2 is 1.34 bits per heavy atom. The van der Waals surface area contributed by atoms with E-state index in [-0.39, 0.29) is 18.6 Å². The largest absolute Gasteiger partial charge is 0.508 e. The van der Waals surface area contributed by atoms with Crippen molar-refractivity contribution >= 4 is 23.7 Å². The molecule has 188 valence electrons. The number of hydrogen-bond acceptors (Lipinski definition) is 7. The molecule has 0 heterocycles. The van der Waals surface area contributed by atoms with Crippen molar-refractivity contribution in [1.29, 1.82) is 0 Å². The molecule has 0 fully saturated rings. The van der Waals surface area contributed by atoms with Crippen molar-refractivity contribution in [1.82, 2.24) is 16.0 Å². The maximum Gasteiger partial charge on any atom is 0.325 e. The number of rotatable bonds is 12. The van der Waals surface area contributed by atoms with Crippen molar-refractivity contribution in [3.8, 4) is 5.75 Å². The Hall–Kier alpha value is -3.96. The van der Waals surface area contributed by atoms with Crippen LogP contribution >= 0.6 is 0 Å². The number of hydrogen-bond donors (Lipinski definition) is 7. The van der Waals surface area contributed by atoms with E-state index in [4.69, 9.17) is 10.8 Å². The summed E-state index contributed by atoms with van der Waals surface area (Å²) in [7, 11) is 0. The molecule has 35 heavy (non-hydrogen) atoms. The zero-order chi connectivity index (χ0) is 26.0. The average Bonchev–Trinajstić information content (AvgIpc) is 2.83. The van der Waals surface area contributed by atoms with E-state index in [0.29, 0.717) is 5.56 Å². The SMILES string of the molecule is CC(NC(=O)C(CO)NC(=O)C(Cc1ccccc1)NC(=O)C(N)Cc1ccc(O)cc1)C(=O)O. The third-order valence-electron chi connectivity index (χ3n) is 5.19. The Bertz CT molecular complexity index is 1010. The summed E-state index contributed by atoms with van der Waals surface area (Å²) in [5, 5.41) is 35.0. The van der Waals surface area contributed by atoms with Crippen molar-refractivity contribution < 1.29 is 34.5 Å². The highest BCUT2D eigenvalue weighted by Gasteiger charge is 2.29. The summed E-state index contributed by atoms with van der Waals surface area (Å²) in [4.78, 5) is 49.0. The molecule has 0 aliphatic carbocycles. The molecular formula is C24H30N4O7. The molecule has 11 nitrogen and oxygen atoms in total. The van der Waals surface area contributed by atoms with Gasteiger partial charge in [0, 0.05) is 6.42 Å². The van der Waals surface area contributed by atoms with E-state index in [2.05, 4.69) is 16.0 Å². The van der Waals surface area contributed by atoms with Crippen LogP contribution in [0.5, 0.6) is 5.75 Å². The third kappa shape index (κ3) is 8.72. The van der Waals surface area contributed by atoms with Gasteiger partial charge in [0.05, 0.1) is 12.6 Å². The van der Waals surface area contributed by atoms with Gasteiger partial charge >= 0.3 is 5.97 Å². The second kappa shape index (κ2) is 13.1. The average molecular weight is 487 g/mol. The van der Waals surface area contributed by atoms with E-state index >= 15 is 0 Å². The fourth-order valence-corrected chi connectivity index (χ4v) is 3.16. The van der Waals surface area contributed by atoms with Crippen molar-refractivity contribution in [3.63, 3.8) is 0 Å². The molecule has 0 aliphatic rings. The predicted octanol–water partition coefficient (Wildman–Crippen LogP) is -0.944. The summed E-state index contributed by atoms with van der Waals surface area (Å²) in [5.74, 6) is -3.45. The number of carbonyl (C=O) groups is 4. The topological polar surface area (TPSA) is 191 Å². The molecule has 2 aromatic carbocycles. The van der Waals surface area contributed by atoms with Crippen molar-refractivity contribution in [3.05, 3.63) is 65.7 Å². The molecule has 3 amide bonds. The van der Waals surface area contributed by atoms with Crippen molar-refractivity contribution in [2.24, 2.45) is 5.73 Å². The molecule has 8 N–H and O–H groups in total. The number of aromatic hydroxyl groups is 1. The lowest BCUT2D eigenvalue weighted by Crippen LogP contribution is -2.58. The minimum absolute atomic E-state index is 0.0755. The number of benzene rings is 2. The zero-order valence-corrected chi connectivity index (χ0v) is 19.2. The highest BCUT2D eigenvalue weighted by molar-refractivity contribution is 5.94. The minimum atomic E-state index is -1.43. The van der Waals surface area contributed by atoms with E-state index in [1.54, 1.807) is 42.5 Å². The van der Waals surface area contributed by atoms with Crippen LogP contribution in [0.25, 0.3) is 0 Å².